The third-order valence-corrected chi connectivity index (χ3v) is 5.59. The first-order valence-electron chi connectivity index (χ1n) is 8.72. The number of methoxy groups -OCH3 is 1. The highest BCUT2D eigenvalue weighted by molar-refractivity contribution is 7.71. The summed E-state index contributed by atoms with van der Waals surface area (Å²) < 4.78 is 9.88. The molecule has 0 saturated heterocycles. The molecule has 2 aliphatic carbocycles. The molecule has 1 aromatic heterocycles. The number of fused-ring (bicyclic) bond motifs is 1. The van der Waals surface area contributed by atoms with Crippen molar-refractivity contribution in [1.29, 1.82) is 0 Å². The fraction of sp³-hybridized carbons (Fsp3) is 0.556. The molecule has 0 aliphatic heterocycles. The average molecular weight is 344 g/mol. The quantitative estimate of drug-likeness (QED) is 0.723. The van der Waals surface area contributed by atoms with Crippen LogP contribution in [0, 0.1) is 4.77 Å². The van der Waals surface area contributed by atoms with Crippen LogP contribution in [-0.2, 0) is 24.4 Å². The van der Waals surface area contributed by atoms with Crippen LogP contribution in [0.4, 0.5) is 0 Å². The molecule has 2 aromatic rings. The lowest BCUT2D eigenvalue weighted by Gasteiger charge is -2.29. The molecule has 0 N–H and O–H groups in total. The Labute approximate surface area is 147 Å². The van der Waals surface area contributed by atoms with Crippen LogP contribution in [0.1, 0.15) is 36.4 Å². The molecule has 128 valence electrons. The van der Waals surface area contributed by atoms with Gasteiger partial charge in [-0.25, -0.2) is 4.68 Å². The maximum absolute atomic E-state index is 5.60. The maximum Gasteiger partial charge on any atom is 0.198 e. The Balaban J connectivity index is 1.56. The minimum Gasteiger partial charge on any atom is -0.383 e. The Morgan fingerprint density at radius 3 is 2.92 bits per heavy atom. The van der Waals surface area contributed by atoms with E-state index >= 15 is 0 Å². The molecule has 1 fully saturated rings. The van der Waals surface area contributed by atoms with E-state index in [0.717, 1.165) is 18.0 Å². The molecule has 0 unspecified atom stereocenters. The van der Waals surface area contributed by atoms with Crippen LogP contribution in [0.25, 0.3) is 0 Å². The summed E-state index contributed by atoms with van der Waals surface area (Å²) >= 11 is 5.60. The molecule has 0 spiro atoms. The van der Waals surface area contributed by atoms with Gasteiger partial charge < -0.3 is 9.30 Å². The van der Waals surface area contributed by atoms with E-state index in [9.17, 15) is 0 Å². The van der Waals surface area contributed by atoms with Crippen LogP contribution < -0.4 is 0 Å². The summed E-state index contributed by atoms with van der Waals surface area (Å²) in [6.07, 6.45) is 6.78. The standard InChI is InChI=1S/C18H24N4OS/c1-23-11-10-20-12-19-22(18(20)24)13-21(15-7-8-15)17-9-6-14-4-2-3-5-16(14)17/h2-5,12,15,17H,6-11,13H2,1H3/t17-/m0/s1. The molecule has 6 heteroatoms. The van der Waals surface area contributed by atoms with E-state index in [4.69, 9.17) is 17.0 Å². The predicted molar refractivity (Wildman–Crippen MR) is 95.3 cm³/mol. The van der Waals surface area contributed by atoms with Gasteiger partial charge in [-0.05, 0) is 49.0 Å². The van der Waals surface area contributed by atoms with Crippen molar-refractivity contribution in [3.05, 3.63) is 46.5 Å². The van der Waals surface area contributed by atoms with Gasteiger partial charge in [0.05, 0.1) is 13.3 Å². The molecule has 5 nitrogen and oxygen atoms in total. The van der Waals surface area contributed by atoms with Crippen molar-refractivity contribution in [1.82, 2.24) is 19.2 Å². The van der Waals surface area contributed by atoms with Crippen molar-refractivity contribution in [3.8, 4) is 0 Å². The molecule has 1 saturated carbocycles. The van der Waals surface area contributed by atoms with E-state index in [1.165, 1.54) is 36.8 Å². The third-order valence-electron chi connectivity index (χ3n) is 5.15. The molecular weight excluding hydrogens is 320 g/mol. The maximum atomic E-state index is 5.60. The highest BCUT2D eigenvalue weighted by Crippen LogP contribution is 2.41. The molecule has 4 rings (SSSR count). The number of aromatic nitrogens is 3. The van der Waals surface area contributed by atoms with Crippen molar-refractivity contribution in [2.75, 3.05) is 13.7 Å². The topological polar surface area (TPSA) is 35.2 Å². The van der Waals surface area contributed by atoms with E-state index in [0.29, 0.717) is 18.7 Å². The lowest BCUT2D eigenvalue weighted by molar-refractivity contribution is 0.131. The SMILES string of the molecule is COCCn1cnn(CN(C2CC2)[C@H]2CCc3ccccc32)c1=S. The van der Waals surface area contributed by atoms with Gasteiger partial charge in [0.1, 0.15) is 6.33 Å². The van der Waals surface area contributed by atoms with Crippen LogP contribution in [0.15, 0.2) is 30.6 Å². The fourth-order valence-corrected chi connectivity index (χ4v) is 3.96. The molecule has 1 atom stereocenters. The predicted octanol–water partition coefficient (Wildman–Crippen LogP) is 3.17. The number of hydrogen-bond acceptors (Lipinski definition) is 4. The highest BCUT2D eigenvalue weighted by atomic mass is 32.1. The molecule has 0 radical (unpaired) electrons. The minimum atomic E-state index is 0.500. The van der Waals surface area contributed by atoms with E-state index < -0.39 is 0 Å². The first-order chi connectivity index (χ1) is 11.8. The Bertz CT molecular complexity index is 764. The largest absolute Gasteiger partial charge is 0.383 e. The average Bonchev–Trinajstić information content (AvgIpc) is 3.27. The summed E-state index contributed by atoms with van der Waals surface area (Å²) in [6, 6.07) is 10.0. The van der Waals surface area contributed by atoms with Crippen molar-refractivity contribution in [3.63, 3.8) is 0 Å². The highest BCUT2D eigenvalue weighted by Gasteiger charge is 2.37. The molecule has 2 aliphatic rings. The zero-order valence-corrected chi connectivity index (χ0v) is 14.9. The van der Waals surface area contributed by atoms with Gasteiger partial charge >= 0.3 is 0 Å². The van der Waals surface area contributed by atoms with Gasteiger partial charge in [-0.2, -0.15) is 5.10 Å². The number of hydrogen-bond donors (Lipinski definition) is 0. The lowest BCUT2D eigenvalue weighted by atomic mass is 10.1. The Hall–Kier alpha value is -1.50. The number of rotatable bonds is 7. The van der Waals surface area contributed by atoms with Crippen LogP contribution in [0.2, 0.25) is 0 Å². The van der Waals surface area contributed by atoms with Crippen LogP contribution >= 0.6 is 12.2 Å². The first kappa shape index (κ1) is 16.0. The van der Waals surface area contributed by atoms with Gasteiger partial charge in [-0.1, -0.05) is 24.3 Å². The molecule has 24 heavy (non-hydrogen) atoms. The van der Waals surface area contributed by atoms with Crippen LogP contribution in [0.3, 0.4) is 0 Å². The van der Waals surface area contributed by atoms with E-state index in [1.54, 1.807) is 7.11 Å². The van der Waals surface area contributed by atoms with Crippen molar-refractivity contribution in [2.24, 2.45) is 0 Å². The van der Waals surface area contributed by atoms with Crippen LogP contribution in [-0.4, -0.2) is 39.0 Å². The van der Waals surface area contributed by atoms with E-state index in [1.807, 2.05) is 15.6 Å². The van der Waals surface area contributed by atoms with Gasteiger partial charge in [0.25, 0.3) is 0 Å². The Morgan fingerprint density at radius 2 is 2.12 bits per heavy atom. The summed E-state index contributed by atoms with van der Waals surface area (Å²) in [6.45, 7) is 2.19. The summed E-state index contributed by atoms with van der Waals surface area (Å²) in [7, 11) is 1.71. The van der Waals surface area contributed by atoms with Crippen molar-refractivity contribution in [2.45, 2.75) is 51.0 Å². The van der Waals surface area contributed by atoms with Crippen molar-refractivity contribution >= 4 is 12.2 Å². The number of aryl methyl sites for hydroxylation is 1. The number of benzene rings is 1. The zero-order chi connectivity index (χ0) is 16.5. The molecule has 1 aromatic carbocycles. The van der Waals surface area contributed by atoms with E-state index in [-0.39, 0.29) is 0 Å². The molecule has 0 bridgehead atoms. The molecule has 1 heterocycles. The molecule has 0 amide bonds. The summed E-state index contributed by atoms with van der Waals surface area (Å²) in [5.41, 5.74) is 3.00. The monoisotopic (exact) mass is 344 g/mol. The van der Waals surface area contributed by atoms with Gasteiger partial charge in [-0.3, -0.25) is 4.90 Å². The summed E-state index contributed by atoms with van der Waals surface area (Å²) in [4.78, 5) is 2.61. The summed E-state index contributed by atoms with van der Waals surface area (Å²) in [5.74, 6) is 0. The van der Waals surface area contributed by atoms with Crippen molar-refractivity contribution < 1.29 is 4.74 Å². The van der Waals surface area contributed by atoms with Gasteiger partial charge in [0.15, 0.2) is 4.77 Å². The third kappa shape index (κ3) is 3.06. The first-order valence-corrected chi connectivity index (χ1v) is 9.13. The second-order valence-electron chi connectivity index (χ2n) is 6.74. The normalized spacial score (nSPS) is 19.8. The second-order valence-corrected chi connectivity index (χ2v) is 7.10. The minimum absolute atomic E-state index is 0.500. The Morgan fingerprint density at radius 1 is 1.29 bits per heavy atom. The fourth-order valence-electron chi connectivity index (χ4n) is 3.72. The van der Waals surface area contributed by atoms with Gasteiger partial charge in [0, 0.05) is 25.7 Å². The van der Waals surface area contributed by atoms with Gasteiger partial charge in [0.2, 0.25) is 0 Å². The summed E-state index contributed by atoms with van der Waals surface area (Å²) in [5, 5.41) is 4.52. The van der Waals surface area contributed by atoms with Gasteiger partial charge in [-0.15, -0.1) is 0 Å². The lowest BCUT2D eigenvalue weighted by Crippen LogP contribution is -2.32. The molecular formula is C18H24N4OS. The zero-order valence-electron chi connectivity index (χ0n) is 14.1. The van der Waals surface area contributed by atoms with Crippen LogP contribution in [0.5, 0.6) is 0 Å². The second kappa shape index (κ2) is 6.78. The smallest absolute Gasteiger partial charge is 0.198 e. The number of ether oxygens (including phenoxy) is 1. The number of nitrogens with zero attached hydrogens (tertiary/aromatic N) is 4. The Kier molecular flexibility index (Phi) is 4.52. The van der Waals surface area contributed by atoms with E-state index in [2.05, 4.69) is 34.3 Å².